The fraction of sp³-hybridized carbons (Fsp3) is 0.110. The Morgan fingerprint density at radius 3 is 1.06 bits per heavy atom. The fourth-order valence-corrected chi connectivity index (χ4v) is 12.4. The van der Waals surface area contributed by atoms with Crippen LogP contribution in [0, 0.1) is 13.8 Å². The van der Waals surface area contributed by atoms with Crippen LogP contribution < -0.4 is 9.47 Å². The van der Waals surface area contributed by atoms with Crippen LogP contribution in [0.5, 0.6) is 11.5 Å². The summed E-state index contributed by atoms with van der Waals surface area (Å²) in [4.78, 5) is 79.4. The number of carboxylic acid groups (broad SMARTS) is 2. The molecule has 0 saturated carbocycles. The smallest absolute Gasteiger partial charge is 0.416 e. The molecule has 692 valence electrons. The zero-order valence-corrected chi connectivity index (χ0v) is 77.7. The highest BCUT2D eigenvalue weighted by molar-refractivity contribution is 9.10. The van der Waals surface area contributed by atoms with Gasteiger partial charge in [-0.25, -0.2) is 28.8 Å². The van der Waals surface area contributed by atoms with Gasteiger partial charge in [-0.15, -0.1) is 0 Å². The van der Waals surface area contributed by atoms with Crippen molar-refractivity contribution in [1.82, 2.24) is 4.57 Å². The second-order valence-corrected chi connectivity index (χ2v) is 30.8. The molecule has 15 rings (SSSR count). The van der Waals surface area contributed by atoms with Gasteiger partial charge in [0.25, 0.3) is 0 Å². The van der Waals surface area contributed by atoms with E-state index in [1.54, 1.807) is 140 Å². The van der Waals surface area contributed by atoms with Crippen molar-refractivity contribution in [1.29, 1.82) is 0 Å². The number of carbonyl (C=O) groups excluding carboxylic acids is 5. The summed E-state index contributed by atoms with van der Waals surface area (Å²) >= 11 is 20.9. The molecular formula is C109H96Br3Cl2F6NO13. The second-order valence-electron chi connectivity index (χ2n) is 27.6. The molecule has 0 bridgehead atoms. The van der Waals surface area contributed by atoms with E-state index in [9.17, 15) is 59.9 Å². The summed E-state index contributed by atoms with van der Waals surface area (Å²) in [5.74, 6) is -1.83. The summed E-state index contributed by atoms with van der Waals surface area (Å²) in [5.41, 5.74) is 11.8. The lowest BCUT2D eigenvalue weighted by Gasteiger charge is -2.15. The van der Waals surface area contributed by atoms with Crippen LogP contribution in [0.2, 0.25) is 10.0 Å². The van der Waals surface area contributed by atoms with Crippen LogP contribution in [0.3, 0.4) is 0 Å². The van der Waals surface area contributed by atoms with E-state index in [0.717, 1.165) is 74.7 Å². The first-order valence-electron chi connectivity index (χ1n) is 40.3. The number of alkyl halides is 7. The molecule has 15 aromatic rings. The molecule has 1 heterocycles. The number of hydrogen-bond acceptors (Lipinski definition) is 11. The average Bonchev–Trinajstić information content (AvgIpc) is 1.60. The minimum absolute atomic E-state index is 0. The minimum atomic E-state index is -4.24. The van der Waals surface area contributed by atoms with Crippen molar-refractivity contribution in [3.8, 4) is 39.7 Å². The first kappa shape index (κ1) is 111. The number of benzene rings is 14. The van der Waals surface area contributed by atoms with Crippen LogP contribution >= 0.6 is 71.0 Å². The molecule has 0 spiro atoms. The van der Waals surface area contributed by atoms with Gasteiger partial charge in [0.1, 0.15) is 11.5 Å². The lowest BCUT2D eigenvalue weighted by molar-refractivity contribution is -0.138. The molecule has 25 heteroatoms. The number of para-hydroxylation sites is 1. The predicted octanol–water partition coefficient (Wildman–Crippen LogP) is 30.8. The Labute approximate surface area is 811 Å². The maximum absolute atomic E-state index is 12.9. The molecule has 0 atom stereocenters. The van der Waals surface area contributed by atoms with Crippen LogP contribution in [-0.2, 0) is 33.0 Å². The molecule has 1 aromatic heterocycles. The number of aryl methyl sites for hydroxylation is 2. The minimum Gasteiger partial charge on any atom is -0.478 e. The van der Waals surface area contributed by atoms with E-state index in [4.69, 9.17) is 52.4 Å². The van der Waals surface area contributed by atoms with Gasteiger partial charge < -0.3 is 33.7 Å². The zero-order valence-electron chi connectivity index (χ0n) is 71.4. The molecule has 14 nitrogen and oxygen atoms in total. The number of ether oxygens (including phenoxy) is 4. The number of halogens is 11. The van der Waals surface area contributed by atoms with Gasteiger partial charge in [0, 0.05) is 36.3 Å². The monoisotopic (exact) mass is 2050 g/mol. The molecule has 0 saturated heterocycles. The topological polar surface area (TPSA) is 202 Å². The highest BCUT2D eigenvalue weighted by Gasteiger charge is 2.31. The Balaban J connectivity index is 0.000000274. The highest BCUT2D eigenvalue weighted by atomic mass is 79.9. The molecular weight excluding hydrogens is 1960 g/mol. The van der Waals surface area contributed by atoms with Crippen molar-refractivity contribution < 1.29 is 89.1 Å². The Morgan fingerprint density at radius 1 is 0.381 bits per heavy atom. The van der Waals surface area contributed by atoms with Crippen molar-refractivity contribution in [3.63, 3.8) is 0 Å². The van der Waals surface area contributed by atoms with Crippen molar-refractivity contribution >= 4 is 118 Å². The maximum Gasteiger partial charge on any atom is 0.416 e. The lowest BCUT2D eigenvalue weighted by atomic mass is 9.98. The molecule has 134 heavy (non-hydrogen) atoms. The van der Waals surface area contributed by atoms with Crippen LogP contribution in [0.1, 0.15) is 124 Å². The van der Waals surface area contributed by atoms with Gasteiger partial charge in [0.2, 0.25) is 0 Å². The van der Waals surface area contributed by atoms with Gasteiger partial charge in [-0.3, -0.25) is 4.79 Å². The summed E-state index contributed by atoms with van der Waals surface area (Å²) in [7, 11) is 0. The number of rotatable bonds is 18. The zero-order chi connectivity index (χ0) is 95.8. The fourth-order valence-electron chi connectivity index (χ4n) is 11.3. The number of allylic oxidation sites excluding steroid dienone is 1. The summed E-state index contributed by atoms with van der Waals surface area (Å²) < 4.78 is 95.6. The van der Waals surface area contributed by atoms with Gasteiger partial charge in [0.05, 0.1) is 68.9 Å². The number of carbonyl (C=O) groups is 7. The van der Waals surface area contributed by atoms with E-state index >= 15 is 0 Å². The van der Waals surface area contributed by atoms with Crippen molar-refractivity contribution in [3.05, 3.63) is 486 Å². The van der Waals surface area contributed by atoms with Gasteiger partial charge in [-0.1, -0.05) is 315 Å². The predicted molar refractivity (Wildman–Crippen MR) is 532 cm³/mol. The van der Waals surface area contributed by atoms with Crippen molar-refractivity contribution in [2.45, 2.75) is 61.3 Å². The molecule has 0 amide bonds. The van der Waals surface area contributed by atoms with Crippen molar-refractivity contribution in [2.24, 2.45) is 0 Å². The number of nitrogens with zero attached hydrogens (tertiary/aromatic N) is 1. The molecule has 0 radical (unpaired) electrons. The molecule has 0 unspecified atom stereocenters. The highest BCUT2D eigenvalue weighted by Crippen LogP contribution is 2.38. The van der Waals surface area contributed by atoms with Crippen LogP contribution in [0.4, 0.5) is 26.3 Å². The summed E-state index contributed by atoms with van der Waals surface area (Å²) in [6.45, 7) is 8.31. The first-order valence-corrected chi connectivity index (χ1v) is 43.8. The normalized spacial score (nSPS) is 10.2. The Bertz CT molecular complexity index is 5860. The summed E-state index contributed by atoms with van der Waals surface area (Å²) in [6, 6.07) is 115. The molecule has 14 aromatic carbocycles. The van der Waals surface area contributed by atoms with Crippen LogP contribution in [0.25, 0.3) is 33.8 Å². The Kier molecular flexibility index (Phi) is 48.6. The quantitative estimate of drug-likeness (QED) is 0.0205. The number of ketones is 1. The van der Waals surface area contributed by atoms with Gasteiger partial charge >= 0.3 is 48.2 Å². The molecule has 0 fully saturated rings. The number of aromatic nitrogens is 1. The molecule has 2 N–H and O–H groups in total. The number of hydrogen-bond donors (Lipinski definition) is 2. The van der Waals surface area contributed by atoms with E-state index in [2.05, 4.69) is 64.5 Å². The third-order valence-electron chi connectivity index (χ3n) is 17.8. The first-order chi connectivity index (χ1) is 63.3. The largest absolute Gasteiger partial charge is 0.478 e. The number of esters is 4. The molecule has 0 aliphatic carbocycles. The van der Waals surface area contributed by atoms with E-state index < -0.39 is 35.4 Å². The van der Waals surface area contributed by atoms with Crippen LogP contribution in [0.15, 0.2) is 409 Å². The van der Waals surface area contributed by atoms with E-state index in [1.165, 1.54) is 29.8 Å². The van der Waals surface area contributed by atoms with Gasteiger partial charge in [-0.2, -0.15) is 26.3 Å². The maximum atomic E-state index is 12.9. The van der Waals surface area contributed by atoms with Crippen molar-refractivity contribution in [2.75, 3.05) is 18.5 Å². The lowest BCUT2D eigenvalue weighted by Crippen LogP contribution is -2.07. The average molecular weight is 2050 g/mol. The third kappa shape index (κ3) is 39.7. The summed E-state index contributed by atoms with van der Waals surface area (Å²) in [5, 5.41) is 18.4. The Morgan fingerprint density at radius 2 is 0.716 bits per heavy atom. The second kappa shape index (κ2) is 58.9. The Hall–Kier alpha value is -13.8. The van der Waals surface area contributed by atoms with E-state index in [0.29, 0.717) is 88.8 Å². The van der Waals surface area contributed by atoms with Gasteiger partial charge in [-0.05, 0) is 238 Å². The SMILES string of the molecule is C.C.CCOC(=O)/C=C(/Cc1ccccc1)c1ccccc1.CCOC(=O)c1cc(-c2ccc(Cl)cc2)n(-c2ccccc2)c1-c1ccccc1.Cc1ccc(OC(=O)c2ccccc2)cc1.Cc1ccc(OC(=O)c2ccccc2)cc1.FC(F)(F)c1ccc(Br)cc1.FC(F)(F)c1ccc(Br)cc1.O=C(CBr)c1ccc(Cl)cc1.O=C(O)c1ccccc1.O=C(O)c1ccccc1. The number of carboxylic acids is 2. The van der Waals surface area contributed by atoms with E-state index in [1.807, 2.05) is 228 Å². The number of aromatic carboxylic acids is 2. The molecule has 0 aliphatic rings. The summed E-state index contributed by atoms with van der Waals surface area (Å²) in [6.07, 6.45) is -6.17. The standard InChI is InChI=1S/C25H20ClNO2.C18H18O2.2C14H12O2.C8H6BrClO.2C7H4BrF3.2C7H6O2.2CH4/c1-2-29-25(28)22-17-23(18-13-15-20(26)16-14-18)27(21-11-7-4-8-12-21)24(22)19-9-5-3-6-10-19;1-2-20-18(19)14-17(16-11-7-4-8-12-16)13-15-9-5-3-6-10-15;2*1-11-7-9-13(10-8-11)16-14(15)12-5-3-2-4-6-12;9-5-8(11)6-1-3-7(10)4-2-6;2*8-6-3-1-5(2-4-6)7(9,10)11;2*8-7(9)6-4-2-1-3-5-6;;/h3-17H,2H2,1H3;3-12,14H,2,13H2,1H3;2*2-10H,1H3;1-4H,5H2;2*1-4H;2*1-5H,(H,8,9);2*1H4/b;17-14-;;;;;;;;;. The van der Waals surface area contributed by atoms with Gasteiger partial charge in [0.15, 0.2) is 5.78 Å². The molecule has 0 aliphatic heterocycles. The van der Waals surface area contributed by atoms with Crippen LogP contribution in [-0.4, -0.2) is 74.9 Å². The third-order valence-corrected chi connectivity index (χ3v) is 19.9. The van der Waals surface area contributed by atoms with E-state index in [-0.39, 0.29) is 44.5 Å². The number of Topliss-reactive ketones (excluding diaryl/α,β-unsaturated/α-hetero) is 1.